The first kappa shape index (κ1) is 16.3. The number of nitrogens with zero attached hydrogens (tertiary/aromatic N) is 2. The van der Waals surface area contributed by atoms with Crippen LogP contribution in [0.1, 0.15) is 12.3 Å². The number of amides is 2. The van der Waals surface area contributed by atoms with E-state index in [1.807, 2.05) is 0 Å². The molecule has 1 fully saturated rings. The molecule has 1 aliphatic rings. The van der Waals surface area contributed by atoms with Gasteiger partial charge in [-0.25, -0.2) is 9.37 Å². The number of benzene rings is 2. The van der Waals surface area contributed by atoms with Gasteiger partial charge in [0.05, 0.1) is 5.92 Å². The van der Waals surface area contributed by atoms with Crippen LogP contribution in [-0.4, -0.2) is 23.3 Å². The third-order valence-corrected chi connectivity index (χ3v) is 4.40. The number of nitrogens with one attached hydrogen (secondary N) is 1. The van der Waals surface area contributed by atoms with Crippen LogP contribution in [0.3, 0.4) is 0 Å². The smallest absolute Gasteiger partial charge is 0.229 e. The summed E-state index contributed by atoms with van der Waals surface area (Å²) in [5.41, 5.74) is 2.52. The lowest BCUT2D eigenvalue weighted by molar-refractivity contribution is -0.122. The predicted molar refractivity (Wildman–Crippen MR) is 94.2 cm³/mol. The Hall–Kier alpha value is -3.22. The molecule has 1 atom stereocenters. The highest BCUT2D eigenvalue weighted by Gasteiger charge is 2.35. The molecular formula is C19H16FN3O3. The van der Waals surface area contributed by atoms with Crippen LogP contribution in [-0.2, 0) is 9.59 Å². The molecule has 0 saturated carbocycles. The molecule has 1 aliphatic heterocycles. The monoisotopic (exact) mass is 353 g/mol. The van der Waals surface area contributed by atoms with Crippen molar-refractivity contribution in [2.24, 2.45) is 5.92 Å². The van der Waals surface area contributed by atoms with Crippen LogP contribution < -0.4 is 10.2 Å². The number of carbonyl (C=O) groups is 2. The maximum Gasteiger partial charge on any atom is 0.229 e. The number of aryl methyl sites for hydroxylation is 1. The van der Waals surface area contributed by atoms with Gasteiger partial charge in [-0.1, -0.05) is 0 Å². The van der Waals surface area contributed by atoms with Gasteiger partial charge in [-0.2, -0.15) is 0 Å². The largest absolute Gasteiger partial charge is 0.441 e. The Kier molecular flexibility index (Phi) is 3.91. The molecule has 132 valence electrons. The van der Waals surface area contributed by atoms with Gasteiger partial charge in [-0.15, -0.1) is 0 Å². The lowest BCUT2D eigenvalue weighted by atomic mass is 10.1. The van der Waals surface area contributed by atoms with E-state index in [1.165, 1.54) is 24.3 Å². The van der Waals surface area contributed by atoms with Gasteiger partial charge in [0.15, 0.2) is 11.5 Å². The van der Waals surface area contributed by atoms with Crippen LogP contribution in [0.4, 0.5) is 15.8 Å². The normalized spacial score (nSPS) is 17.1. The molecule has 1 saturated heterocycles. The van der Waals surface area contributed by atoms with Crippen molar-refractivity contribution in [2.45, 2.75) is 13.3 Å². The van der Waals surface area contributed by atoms with Gasteiger partial charge in [0.2, 0.25) is 11.8 Å². The number of halogens is 1. The maximum absolute atomic E-state index is 13.0. The minimum absolute atomic E-state index is 0.121. The summed E-state index contributed by atoms with van der Waals surface area (Å²) in [5.74, 6) is -0.665. The van der Waals surface area contributed by atoms with Gasteiger partial charge in [-0.05, 0) is 42.5 Å². The Morgan fingerprint density at radius 3 is 2.81 bits per heavy atom. The lowest BCUT2D eigenvalue weighted by Crippen LogP contribution is -2.28. The third-order valence-electron chi connectivity index (χ3n) is 4.40. The number of hydrogen-bond acceptors (Lipinski definition) is 4. The van der Waals surface area contributed by atoms with Crippen LogP contribution in [0.15, 0.2) is 46.9 Å². The van der Waals surface area contributed by atoms with Crippen molar-refractivity contribution < 1.29 is 18.4 Å². The van der Waals surface area contributed by atoms with Crippen molar-refractivity contribution in [1.82, 2.24) is 4.98 Å². The Labute approximate surface area is 148 Å². The average molecular weight is 353 g/mol. The van der Waals surface area contributed by atoms with Crippen molar-refractivity contribution in [3.63, 3.8) is 0 Å². The summed E-state index contributed by atoms with van der Waals surface area (Å²) in [7, 11) is 0. The van der Waals surface area contributed by atoms with Crippen LogP contribution in [0.25, 0.3) is 11.1 Å². The van der Waals surface area contributed by atoms with Crippen molar-refractivity contribution in [2.75, 3.05) is 16.8 Å². The number of carbonyl (C=O) groups excluding carboxylic acids is 2. The fraction of sp³-hybridized carbons (Fsp3) is 0.211. The van der Waals surface area contributed by atoms with Crippen molar-refractivity contribution >= 4 is 34.3 Å². The summed E-state index contributed by atoms with van der Waals surface area (Å²) >= 11 is 0. The standard InChI is InChI=1S/C19H16FN3O3/c1-11-21-16-9-15(6-7-17(16)26-11)23-10-12(8-18(23)24)19(25)22-14-4-2-13(20)3-5-14/h2-7,9,12H,8,10H2,1H3,(H,22,25)/t12-/m0/s1. The van der Waals surface area contributed by atoms with Gasteiger partial charge in [-0.3, -0.25) is 9.59 Å². The van der Waals surface area contributed by atoms with Gasteiger partial charge >= 0.3 is 0 Å². The lowest BCUT2D eigenvalue weighted by Gasteiger charge is -2.16. The molecule has 6 nitrogen and oxygen atoms in total. The SMILES string of the molecule is Cc1nc2cc(N3C[C@@H](C(=O)Nc4ccc(F)cc4)CC3=O)ccc2o1. The van der Waals surface area contributed by atoms with E-state index in [-0.39, 0.29) is 30.6 Å². The summed E-state index contributed by atoms with van der Waals surface area (Å²) in [6.07, 6.45) is 0.128. The van der Waals surface area contributed by atoms with E-state index in [2.05, 4.69) is 10.3 Å². The van der Waals surface area contributed by atoms with E-state index in [1.54, 1.807) is 30.0 Å². The molecule has 0 aliphatic carbocycles. The molecule has 0 bridgehead atoms. The number of oxazole rings is 1. The molecule has 7 heteroatoms. The summed E-state index contributed by atoms with van der Waals surface area (Å²) in [6.45, 7) is 2.05. The second kappa shape index (κ2) is 6.25. The number of hydrogen-bond donors (Lipinski definition) is 1. The zero-order chi connectivity index (χ0) is 18.3. The van der Waals surface area contributed by atoms with E-state index in [0.717, 1.165) is 0 Å². The van der Waals surface area contributed by atoms with Crippen molar-refractivity contribution in [1.29, 1.82) is 0 Å². The van der Waals surface area contributed by atoms with Gasteiger partial charge in [0, 0.05) is 31.3 Å². The molecule has 0 spiro atoms. The first-order chi connectivity index (χ1) is 12.5. The molecule has 2 amide bonds. The summed E-state index contributed by atoms with van der Waals surface area (Å²) in [6, 6.07) is 10.9. The molecule has 0 unspecified atom stereocenters. The number of anilines is 2. The topological polar surface area (TPSA) is 75.4 Å². The van der Waals surface area contributed by atoms with Crippen molar-refractivity contribution in [3.05, 3.63) is 54.2 Å². The summed E-state index contributed by atoms with van der Waals surface area (Å²) < 4.78 is 18.4. The van der Waals surface area contributed by atoms with E-state index < -0.39 is 5.92 Å². The zero-order valence-electron chi connectivity index (χ0n) is 14.0. The highest BCUT2D eigenvalue weighted by molar-refractivity contribution is 6.04. The molecule has 26 heavy (non-hydrogen) atoms. The molecule has 2 aromatic carbocycles. The maximum atomic E-state index is 13.0. The number of rotatable bonds is 3. The Balaban J connectivity index is 1.50. The fourth-order valence-electron chi connectivity index (χ4n) is 3.11. The van der Waals surface area contributed by atoms with E-state index in [9.17, 15) is 14.0 Å². The quantitative estimate of drug-likeness (QED) is 0.784. The predicted octanol–water partition coefficient (Wildman–Crippen LogP) is 3.27. The molecule has 1 aromatic heterocycles. The van der Waals surface area contributed by atoms with Crippen LogP contribution in [0.2, 0.25) is 0 Å². The summed E-state index contributed by atoms with van der Waals surface area (Å²) in [4.78, 5) is 30.7. The molecule has 0 radical (unpaired) electrons. The number of aromatic nitrogens is 1. The molecular weight excluding hydrogens is 337 g/mol. The van der Waals surface area contributed by atoms with Crippen LogP contribution in [0, 0.1) is 18.7 Å². The minimum atomic E-state index is -0.470. The van der Waals surface area contributed by atoms with Crippen molar-refractivity contribution in [3.8, 4) is 0 Å². The fourth-order valence-corrected chi connectivity index (χ4v) is 3.11. The van der Waals surface area contributed by atoms with E-state index in [0.29, 0.717) is 28.4 Å². The van der Waals surface area contributed by atoms with Crippen LogP contribution >= 0.6 is 0 Å². The van der Waals surface area contributed by atoms with E-state index in [4.69, 9.17) is 4.42 Å². The third kappa shape index (κ3) is 3.03. The minimum Gasteiger partial charge on any atom is -0.441 e. The molecule has 2 heterocycles. The zero-order valence-corrected chi connectivity index (χ0v) is 14.0. The molecule has 4 rings (SSSR count). The summed E-state index contributed by atoms with van der Waals surface area (Å²) in [5, 5.41) is 2.72. The van der Waals surface area contributed by atoms with Crippen LogP contribution in [0.5, 0.6) is 0 Å². The average Bonchev–Trinajstić information content (AvgIpc) is 3.18. The Morgan fingerprint density at radius 2 is 2.04 bits per heavy atom. The molecule has 3 aromatic rings. The number of fused-ring (bicyclic) bond motifs is 1. The Morgan fingerprint density at radius 1 is 1.27 bits per heavy atom. The molecule has 1 N–H and O–H groups in total. The highest BCUT2D eigenvalue weighted by Crippen LogP contribution is 2.29. The van der Waals surface area contributed by atoms with Gasteiger partial charge in [0.1, 0.15) is 11.3 Å². The second-order valence-electron chi connectivity index (χ2n) is 6.29. The first-order valence-electron chi connectivity index (χ1n) is 8.23. The second-order valence-corrected chi connectivity index (χ2v) is 6.29. The highest BCUT2D eigenvalue weighted by atomic mass is 19.1. The van der Waals surface area contributed by atoms with Gasteiger partial charge < -0.3 is 14.6 Å². The van der Waals surface area contributed by atoms with E-state index >= 15 is 0 Å². The first-order valence-corrected chi connectivity index (χ1v) is 8.23. The van der Waals surface area contributed by atoms with Gasteiger partial charge in [0.25, 0.3) is 0 Å². The Bertz CT molecular complexity index is 997.